The Morgan fingerprint density at radius 1 is 1.37 bits per heavy atom. The van der Waals surface area contributed by atoms with Gasteiger partial charge in [-0.15, -0.1) is 0 Å². The largest absolute Gasteiger partial charge is 0.494 e. The number of hydrogen-bond donors (Lipinski definition) is 2. The van der Waals surface area contributed by atoms with E-state index < -0.39 is 0 Å². The average molecular weight is 264 g/mol. The average Bonchev–Trinajstić information content (AvgIpc) is 2.49. The normalized spacial score (nSPS) is 22.9. The summed E-state index contributed by atoms with van der Waals surface area (Å²) in [6.07, 6.45) is -0.339. The van der Waals surface area contributed by atoms with Crippen molar-refractivity contribution in [2.75, 3.05) is 31.1 Å². The van der Waals surface area contributed by atoms with Crippen molar-refractivity contribution in [2.24, 2.45) is 0 Å². The topological polar surface area (TPSA) is 44.7 Å². The summed E-state index contributed by atoms with van der Waals surface area (Å²) < 4.78 is 5.47. The third-order valence-electron chi connectivity index (χ3n) is 3.52. The highest BCUT2D eigenvalue weighted by atomic mass is 16.5. The van der Waals surface area contributed by atoms with E-state index in [4.69, 9.17) is 4.74 Å². The predicted octanol–water partition coefficient (Wildman–Crippen LogP) is 1.63. The summed E-state index contributed by atoms with van der Waals surface area (Å²) in [7, 11) is 0. The van der Waals surface area contributed by atoms with Gasteiger partial charge in [0.25, 0.3) is 0 Å². The molecule has 4 heteroatoms. The first-order chi connectivity index (χ1) is 9.03. The molecule has 2 N–H and O–H groups in total. The molecular weight excluding hydrogens is 240 g/mol. The third-order valence-corrected chi connectivity index (χ3v) is 3.52. The SMILES string of the molecule is CCOc1ccc(N2CC(O)CNCC2(C)C)cc1. The van der Waals surface area contributed by atoms with E-state index in [9.17, 15) is 5.11 Å². The zero-order valence-corrected chi connectivity index (χ0v) is 12.0. The lowest BCUT2D eigenvalue weighted by Crippen LogP contribution is -2.49. The Kier molecular flexibility index (Phi) is 4.32. The van der Waals surface area contributed by atoms with Crippen LogP contribution in [0.15, 0.2) is 24.3 Å². The van der Waals surface area contributed by atoms with Crippen molar-refractivity contribution in [3.05, 3.63) is 24.3 Å². The van der Waals surface area contributed by atoms with Crippen LogP contribution in [0.5, 0.6) is 5.75 Å². The van der Waals surface area contributed by atoms with Crippen molar-refractivity contribution >= 4 is 5.69 Å². The molecule has 1 aromatic carbocycles. The summed E-state index contributed by atoms with van der Waals surface area (Å²) in [6.45, 7) is 9.19. The molecular formula is C15H24N2O2. The van der Waals surface area contributed by atoms with Gasteiger partial charge in [-0.2, -0.15) is 0 Å². The Bertz CT molecular complexity index is 403. The molecule has 106 valence electrons. The molecule has 0 saturated carbocycles. The molecule has 0 aliphatic carbocycles. The summed E-state index contributed by atoms with van der Waals surface area (Å²) in [5, 5.41) is 13.3. The summed E-state index contributed by atoms with van der Waals surface area (Å²) in [5.74, 6) is 0.887. The fraction of sp³-hybridized carbons (Fsp3) is 0.600. The zero-order chi connectivity index (χ0) is 13.9. The molecule has 1 aromatic rings. The number of aliphatic hydroxyl groups excluding tert-OH is 1. The molecule has 2 rings (SSSR count). The van der Waals surface area contributed by atoms with Gasteiger partial charge in [0.15, 0.2) is 0 Å². The minimum Gasteiger partial charge on any atom is -0.494 e. The second-order valence-corrected chi connectivity index (χ2v) is 5.63. The van der Waals surface area contributed by atoms with Crippen molar-refractivity contribution in [1.82, 2.24) is 5.32 Å². The smallest absolute Gasteiger partial charge is 0.119 e. The van der Waals surface area contributed by atoms with Crippen LogP contribution in [0, 0.1) is 0 Å². The fourth-order valence-corrected chi connectivity index (χ4v) is 2.51. The lowest BCUT2D eigenvalue weighted by atomic mass is 10.0. The van der Waals surface area contributed by atoms with Gasteiger partial charge in [0.1, 0.15) is 5.75 Å². The van der Waals surface area contributed by atoms with Crippen LogP contribution >= 0.6 is 0 Å². The van der Waals surface area contributed by atoms with Crippen LogP contribution in [-0.2, 0) is 0 Å². The Balaban J connectivity index is 2.21. The molecule has 19 heavy (non-hydrogen) atoms. The Hall–Kier alpha value is -1.26. The van der Waals surface area contributed by atoms with Crippen LogP contribution in [0.1, 0.15) is 20.8 Å². The number of nitrogens with one attached hydrogen (secondary N) is 1. The van der Waals surface area contributed by atoms with Crippen molar-refractivity contribution in [1.29, 1.82) is 0 Å². The van der Waals surface area contributed by atoms with E-state index in [0.29, 0.717) is 19.7 Å². The number of rotatable bonds is 3. The fourth-order valence-electron chi connectivity index (χ4n) is 2.51. The maximum atomic E-state index is 9.96. The summed E-state index contributed by atoms with van der Waals surface area (Å²) in [6, 6.07) is 8.09. The number of anilines is 1. The minimum atomic E-state index is -0.339. The van der Waals surface area contributed by atoms with Gasteiger partial charge in [-0.25, -0.2) is 0 Å². The quantitative estimate of drug-likeness (QED) is 0.871. The molecule has 0 spiro atoms. The molecule has 1 atom stereocenters. The van der Waals surface area contributed by atoms with E-state index >= 15 is 0 Å². The molecule has 4 nitrogen and oxygen atoms in total. The van der Waals surface area contributed by atoms with Gasteiger partial charge in [0.2, 0.25) is 0 Å². The number of aliphatic hydroxyl groups is 1. The molecule has 1 aliphatic heterocycles. The Labute approximate surface area is 115 Å². The number of ether oxygens (including phenoxy) is 1. The van der Waals surface area contributed by atoms with Crippen molar-refractivity contribution < 1.29 is 9.84 Å². The van der Waals surface area contributed by atoms with Crippen LogP contribution in [0.4, 0.5) is 5.69 Å². The molecule has 1 fully saturated rings. The highest BCUT2D eigenvalue weighted by Crippen LogP contribution is 2.27. The minimum absolute atomic E-state index is 0.0232. The zero-order valence-electron chi connectivity index (χ0n) is 12.0. The summed E-state index contributed by atoms with van der Waals surface area (Å²) >= 11 is 0. The van der Waals surface area contributed by atoms with E-state index in [1.807, 2.05) is 19.1 Å². The van der Waals surface area contributed by atoms with E-state index in [-0.39, 0.29) is 11.6 Å². The van der Waals surface area contributed by atoms with Crippen molar-refractivity contribution in [3.8, 4) is 5.75 Å². The molecule has 0 bridgehead atoms. The lowest BCUT2D eigenvalue weighted by Gasteiger charge is -2.39. The van der Waals surface area contributed by atoms with E-state index in [1.165, 1.54) is 0 Å². The highest BCUT2D eigenvalue weighted by molar-refractivity contribution is 5.51. The van der Waals surface area contributed by atoms with Gasteiger partial charge in [0.05, 0.1) is 12.7 Å². The van der Waals surface area contributed by atoms with Gasteiger partial charge < -0.3 is 20.1 Å². The maximum absolute atomic E-state index is 9.96. The van der Waals surface area contributed by atoms with Gasteiger partial charge in [0, 0.05) is 30.9 Å². The first kappa shape index (κ1) is 14.2. The maximum Gasteiger partial charge on any atom is 0.119 e. The monoisotopic (exact) mass is 264 g/mol. The van der Waals surface area contributed by atoms with Gasteiger partial charge >= 0.3 is 0 Å². The van der Waals surface area contributed by atoms with E-state index in [0.717, 1.165) is 18.0 Å². The molecule has 0 amide bonds. The second kappa shape index (κ2) is 5.80. The number of β-amino-alcohol motifs (C(OH)–C–C–N with tert-alkyl or cyclic N) is 1. The molecule has 1 heterocycles. The van der Waals surface area contributed by atoms with Crippen LogP contribution in [-0.4, -0.2) is 43.0 Å². The Morgan fingerprint density at radius 3 is 2.68 bits per heavy atom. The lowest BCUT2D eigenvalue weighted by molar-refractivity contribution is 0.183. The van der Waals surface area contributed by atoms with Gasteiger partial charge in [-0.1, -0.05) is 0 Å². The standard InChI is InChI=1S/C15H24N2O2/c1-4-19-14-7-5-12(6-8-14)17-10-13(18)9-16-11-15(17,2)3/h5-8,13,16,18H,4,9-11H2,1-3H3. The number of hydrogen-bond acceptors (Lipinski definition) is 4. The molecule has 1 aliphatic rings. The molecule has 1 unspecified atom stereocenters. The summed E-state index contributed by atoms with van der Waals surface area (Å²) in [5.41, 5.74) is 1.10. The number of nitrogens with zero attached hydrogens (tertiary/aromatic N) is 1. The Morgan fingerprint density at radius 2 is 2.05 bits per heavy atom. The van der Waals surface area contributed by atoms with Gasteiger partial charge in [-0.05, 0) is 45.0 Å². The molecule has 1 saturated heterocycles. The van der Waals surface area contributed by atoms with Crippen LogP contribution < -0.4 is 15.0 Å². The predicted molar refractivity (Wildman–Crippen MR) is 77.9 cm³/mol. The van der Waals surface area contributed by atoms with Gasteiger partial charge in [-0.3, -0.25) is 0 Å². The second-order valence-electron chi connectivity index (χ2n) is 5.63. The first-order valence-corrected chi connectivity index (χ1v) is 6.92. The van der Waals surface area contributed by atoms with Crippen molar-refractivity contribution in [3.63, 3.8) is 0 Å². The molecule has 0 radical (unpaired) electrons. The third kappa shape index (κ3) is 3.39. The number of benzene rings is 1. The van der Waals surface area contributed by atoms with Crippen LogP contribution in [0.2, 0.25) is 0 Å². The summed E-state index contributed by atoms with van der Waals surface area (Å²) in [4.78, 5) is 2.26. The van der Waals surface area contributed by atoms with Crippen molar-refractivity contribution in [2.45, 2.75) is 32.4 Å². The van der Waals surface area contributed by atoms with Crippen LogP contribution in [0.25, 0.3) is 0 Å². The van der Waals surface area contributed by atoms with E-state index in [2.05, 4.69) is 36.2 Å². The van der Waals surface area contributed by atoms with E-state index in [1.54, 1.807) is 0 Å². The highest BCUT2D eigenvalue weighted by Gasteiger charge is 2.31. The van der Waals surface area contributed by atoms with Crippen LogP contribution in [0.3, 0.4) is 0 Å². The first-order valence-electron chi connectivity index (χ1n) is 6.92. The molecule has 0 aromatic heterocycles.